The van der Waals surface area contributed by atoms with E-state index in [1.807, 2.05) is 6.20 Å². The van der Waals surface area contributed by atoms with Gasteiger partial charge in [0.1, 0.15) is 0 Å². The molecule has 0 fully saturated rings. The molecule has 3 nitrogen and oxygen atoms in total. The van der Waals surface area contributed by atoms with Crippen LogP contribution in [0.15, 0.2) is 23.0 Å². The predicted molar refractivity (Wildman–Crippen MR) is 60.8 cm³/mol. The van der Waals surface area contributed by atoms with Gasteiger partial charge in [-0.3, -0.25) is 0 Å². The predicted octanol–water partition coefficient (Wildman–Crippen LogP) is 1.85. The number of fused-ring (bicyclic) bond motifs is 1. The zero-order chi connectivity index (χ0) is 10.1. The Morgan fingerprint density at radius 1 is 1.40 bits per heavy atom. The molecule has 0 aromatic carbocycles. The maximum absolute atomic E-state index is 4.61. The molecule has 3 heterocycles. The van der Waals surface area contributed by atoms with Gasteiger partial charge in [0.15, 0.2) is 5.82 Å². The maximum Gasteiger partial charge on any atom is 0.160 e. The van der Waals surface area contributed by atoms with E-state index in [4.69, 9.17) is 0 Å². The van der Waals surface area contributed by atoms with Crippen LogP contribution in [0.3, 0.4) is 0 Å². The first-order valence-electron chi connectivity index (χ1n) is 5.01. The molecule has 4 heteroatoms. The van der Waals surface area contributed by atoms with Gasteiger partial charge in [-0.1, -0.05) is 0 Å². The van der Waals surface area contributed by atoms with Gasteiger partial charge in [0.25, 0.3) is 0 Å². The number of hydrogen-bond acceptors (Lipinski definition) is 4. The monoisotopic (exact) mass is 217 g/mol. The molecule has 1 aliphatic rings. The smallest absolute Gasteiger partial charge is 0.160 e. The topological polar surface area (TPSA) is 37.8 Å². The van der Waals surface area contributed by atoms with E-state index in [9.17, 15) is 0 Å². The molecule has 0 saturated carbocycles. The standard InChI is InChI=1S/C11H11N3S/c1-3-12-5-9-6-13-11(14-10(1)9)8-2-4-15-7-8/h2,4,6-7,12H,1,3,5H2. The van der Waals surface area contributed by atoms with Crippen LogP contribution in [0, 0.1) is 0 Å². The molecule has 1 N–H and O–H groups in total. The van der Waals surface area contributed by atoms with Crippen LogP contribution in [0.1, 0.15) is 11.3 Å². The molecule has 76 valence electrons. The highest BCUT2D eigenvalue weighted by Gasteiger charge is 2.12. The average molecular weight is 217 g/mol. The van der Waals surface area contributed by atoms with Gasteiger partial charge in [-0.2, -0.15) is 11.3 Å². The first kappa shape index (κ1) is 9.00. The Morgan fingerprint density at radius 3 is 3.27 bits per heavy atom. The van der Waals surface area contributed by atoms with Crippen LogP contribution in [0.5, 0.6) is 0 Å². The van der Waals surface area contributed by atoms with E-state index in [1.165, 1.54) is 11.3 Å². The molecular formula is C11H11N3S. The molecule has 15 heavy (non-hydrogen) atoms. The number of nitrogens with zero attached hydrogens (tertiary/aromatic N) is 2. The molecule has 0 bridgehead atoms. The van der Waals surface area contributed by atoms with E-state index in [0.717, 1.165) is 30.9 Å². The Kier molecular flexibility index (Phi) is 2.23. The zero-order valence-electron chi connectivity index (χ0n) is 8.23. The van der Waals surface area contributed by atoms with Crippen LogP contribution in [0.25, 0.3) is 11.4 Å². The van der Waals surface area contributed by atoms with Crippen molar-refractivity contribution in [2.75, 3.05) is 6.54 Å². The molecule has 0 aliphatic carbocycles. The molecule has 2 aromatic rings. The van der Waals surface area contributed by atoms with Gasteiger partial charge >= 0.3 is 0 Å². The van der Waals surface area contributed by atoms with Crippen molar-refractivity contribution >= 4 is 11.3 Å². The zero-order valence-corrected chi connectivity index (χ0v) is 9.05. The second kappa shape index (κ2) is 3.72. The van der Waals surface area contributed by atoms with Crippen LogP contribution in [-0.2, 0) is 13.0 Å². The minimum absolute atomic E-state index is 0.858. The minimum Gasteiger partial charge on any atom is -0.312 e. The first-order valence-corrected chi connectivity index (χ1v) is 5.96. The van der Waals surface area contributed by atoms with E-state index < -0.39 is 0 Å². The lowest BCUT2D eigenvalue weighted by atomic mass is 10.1. The summed E-state index contributed by atoms with van der Waals surface area (Å²) in [6, 6.07) is 2.06. The van der Waals surface area contributed by atoms with Gasteiger partial charge in [-0.25, -0.2) is 9.97 Å². The Hall–Kier alpha value is -1.26. The molecule has 3 rings (SSSR count). The highest BCUT2D eigenvalue weighted by molar-refractivity contribution is 7.08. The summed E-state index contributed by atoms with van der Waals surface area (Å²) in [5.74, 6) is 0.858. The SMILES string of the molecule is c1cc(-c2ncc3c(n2)CCNC3)cs1. The fourth-order valence-corrected chi connectivity index (χ4v) is 2.40. The number of rotatable bonds is 1. The number of nitrogens with one attached hydrogen (secondary N) is 1. The van der Waals surface area contributed by atoms with Crippen molar-refractivity contribution in [3.05, 3.63) is 34.3 Å². The highest BCUT2D eigenvalue weighted by Crippen LogP contribution is 2.20. The summed E-state index contributed by atoms with van der Waals surface area (Å²) in [4.78, 5) is 9.00. The lowest BCUT2D eigenvalue weighted by Crippen LogP contribution is -2.24. The van der Waals surface area contributed by atoms with Crippen LogP contribution in [0.2, 0.25) is 0 Å². The summed E-state index contributed by atoms with van der Waals surface area (Å²) in [6.07, 6.45) is 2.95. The van der Waals surface area contributed by atoms with Crippen molar-refractivity contribution in [1.82, 2.24) is 15.3 Å². The fraction of sp³-hybridized carbons (Fsp3) is 0.273. The van der Waals surface area contributed by atoms with Gasteiger partial charge in [0.2, 0.25) is 0 Å². The van der Waals surface area contributed by atoms with Gasteiger partial charge in [0, 0.05) is 42.2 Å². The van der Waals surface area contributed by atoms with Crippen LogP contribution >= 0.6 is 11.3 Å². The van der Waals surface area contributed by atoms with Crippen molar-refractivity contribution in [3.63, 3.8) is 0 Å². The van der Waals surface area contributed by atoms with E-state index in [-0.39, 0.29) is 0 Å². The second-order valence-electron chi connectivity index (χ2n) is 3.60. The maximum atomic E-state index is 4.61. The molecule has 0 unspecified atom stereocenters. The highest BCUT2D eigenvalue weighted by atomic mass is 32.1. The summed E-state index contributed by atoms with van der Waals surface area (Å²) in [7, 11) is 0. The lowest BCUT2D eigenvalue weighted by Gasteiger charge is -2.15. The van der Waals surface area contributed by atoms with Crippen LogP contribution in [-0.4, -0.2) is 16.5 Å². The van der Waals surface area contributed by atoms with Gasteiger partial charge in [-0.15, -0.1) is 0 Å². The van der Waals surface area contributed by atoms with Crippen molar-refractivity contribution in [1.29, 1.82) is 0 Å². The van der Waals surface area contributed by atoms with Gasteiger partial charge in [-0.05, 0) is 11.4 Å². The van der Waals surface area contributed by atoms with E-state index in [0.29, 0.717) is 0 Å². The lowest BCUT2D eigenvalue weighted by molar-refractivity contribution is 0.626. The van der Waals surface area contributed by atoms with Crippen molar-refractivity contribution in [2.45, 2.75) is 13.0 Å². The fourth-order valence-electron chi connectivity index (χ4n) is 1.77. The van der Waals surface area contributed by atoms with Crippen molar-refractivity contribution in [2.24, 2.45) is 0 Å². The number of thiophene rings is 1. The molecule has 2 aromatic heterocycles. The molecule has 0 atom stereocenters. The Labute approximate surface area is 92.2 Å². The van der Waals surface area contributed by atoms with E-state index in [1.54, 1.807) is 11.3 Å². The molecule has 0 spiro atoms. The Morgan fingerprint density at radius 2 is 2.40 bits per heavy atom. The van der Waals surface area contributed by atoms with Gasteiger partial charge in [0.05, 0.1) is 5.69 Å². The summed E-state index contributed by atoms with van der Waals surface area (Å²) in [6.45, 7) is 1.92. The summed E-state index contributed by atoms with van der Waals surface area (Å²) in [5, 5.41) is 7.46. The normalized spacial score (nSPS) is 14.9. The molecular weight excluding hydrogens is 206 g/mol. The minimum atomic E-state index is 0.858. The Balaban J connectivity index is 2.04. The van der Waals surface area contributed by atoms with Crippen LogP contribution in [0.4, 0.5) is 0 Å². The summed E-state index contributed by atoms with van der Waals surface area (Å²) >= 11 is 1.68. The molecule has 1 aliphatic heterocycles. The van der Waals surface area contributed by atoms with Gasteiger partial charge < -0.3 is 5.32 Å². The third-order valence-electron chi connectivity index (χ3n) is 2.59. The van der Waals surface area contributed by atoms with Crippen LogP contribution < -0.4 is 5.32 Å². The molecule has 0 radical (unpaired) electrons. The van der Waals surface area contributed by atoms with Crippen molar-refractivity contribution < 1.29 is 0 Å². The summed E-state index contributed by atoms with van der Waals surface area (Å²) < 4.78 is 0. The largest absolute Gasteiger partial charge is 0.312 e. The van der Waals surface area contributed by atoms with E-state index in [2.05, 4.69) is 32.1 Å². The molecule has 0 saturated heterocycles. The second-order valence-corrected chi connectivity index (χ2v) is 4.38. The number of hydrogen-bond donors (Lipinski definition) is 1. The quantitative estimate of drug-likeness (QED) is 0.792. The van der Waals surface area contributed by atoms with E-state index >= 15 is 0 Å². The van der Waals surface area contributed by atoms with Crippen molar-refractivity contribution in [3.8, 4) is 11.4 Å². The summed E-state index contributed by atoms with van der Waals surface area (Å²) in [5.41, 5.74) is 3.56. The number of aromatic nitrogens is 2. The first-order chi connectivity index (χ1) is 7.43. The third-order valence-corrected chi connectivity index (χ3v) is 3.27. The average Bonchev–Trinajstić information content (AvgIpc) is 2.82. The molecule has 0 amide bonds. The third kappa shape index (κ3) is 1.66. The Bertz CT molecular complexity index is 465.